The van der Waals surface area contributed by atoms with Gasteiger partial charge in [-0.25, -0.2) is 0 Å². The van der Waals surface area contributed by atoms with Crippen LogP contribution in [-0.4, -0.2) is 98.9 Å². The minimum absolute atomic E-state index is 0.0412. The van der Waals surface area contributed by atoms with Crippen LogP contribution in [0, 0.1) is 0 Å². The molecule has 0 bridgehead atoms. The Morgan fingerprint density at radius 3 is 2.08 bits per heavy atom. The van der Waals surface area contributed by atoms with Gasteiger partial charge in [-0.3, -0.25) is 14.6 Å². The molecule has 4 aliphatic rings. The van der Waals surface area contributed by atoms with E-state index in [0.717, 1.165) is 37.7 Å². The Hall–Kier alpha value is -4.04. The van der Waals surface area contributed by atoms with Crippen molar-refractivity contribution < 1.29 is 33.1 Å². The third-order valence-electron chi connectivity index (χ3n) is 10.3. The average molecular weight is 690 g/mol. The second-order valence-electron chi connectivity index (χ2n) is 13.3. The minimum atomic E-state index is -2.66. The summed E-state index contributed by atoms with van der Waals surface area (Å²) in [5, 5.41) is 0. The highest BCUT2D eigenvalue weighted by atomic mass is 31.2. The van der Waals surface area contributed by atoms with Crippen molar-refractivity contribution >= 4 is 30.9 Å². The molecule has 1 unspecified atom stereocenters. The number of benzene rings is 2. The lowest BCUT2D eigenvalue weighted by molar-refractivity contribution is 0.0740. The zero-order valence-electron chi connectivity index (χ0n) is 29.3. The summed E-state index contributed by atoms with van der Waals surface area (Å²) in [6.07, 6.45) is 11.5. The van der Waals surface area contributed by atoms with Crippen LogP contribution < -0.4 is 18.9 Å². The summed E-state index contributed by atoms with van der Waals surface area (Å²) >= 11 is 0. The van der Waals surface area contributed by atoms with Crippen molar-refractivity contribution in [3.8, 4) is 23.0 Å². The lowest BCUT2D eigenvalue weighted by Gasteiger charge is -2.22. The van der Waals surface area contributed by atoms with Gasteiger partial charge in [0.2, 0.25) is 0 Å². The first-order chi connectivity index (χ1) is 23.7. The molecule has 0 radical (unpaired) electrons. The number of methoxy groups -OCH3 is 2. The van der Waals surface area contributed by atoms with Gasteiger partial charge >= 0.3 is 0 Å². The molecule has 2 saturated heterocycles. The maximum absolute atomic E-state index is 14.1. The molecule has 6 rings (SSSR count). The number of aliphatic imine (C=N–C) groups is 1. The zero-order chi connectivity index (χ0) is 34.7. The van der Waals surface area contributed by atoms with Crippen molar-refractivity contribution in [1.29, 1.82) is 0 Å². The Bertz CT molecular complexity index is 1750. The van der Waals surface area contributed by atoms with Gasteiger partial charge < -0.3 is 33.3 Å². The van der Waals surface area contributed by atoms with Gasteiger partial charge in [-0.2, -0.15) is 0 Å². The van der Waals surface area contributed by atoms with Crippen LogP contribution in [0.2, 0.25) is 0 Å². The number of hydrogen-bond acceptors (Lipinski definition) is 8. The monoisotopic (exact) mass is 689 g/mol. The fraction of sp³-hybridized carbons (Fsp3) is 0.500. The molecule has 11 heteroatoms. The van der Waals surface area contributed by atoms with E-state index in [1.54, 1.807) is 32.4 Å². The highest BCUT2D eigenvalue weighted by molar-refractivity contribution is 7.63. The van der Waals surface area contributed by atoms with Crippen LogP contribution in [0.25, 0.3) is 0 Å². The first-order valence-electron chi connectivity index (χ1n) is 17.4. The molecule has 262 valence electrons. The average Bonchev–Trinajstić information content (AvgIpc) is 3.67. The molecule has 49 heavy (non-hydrogen) atoms. The number of allylic oxidation sites excluding steroid dienone is 2. The molecule has 10 nitrogen and oxygen atoms in total. The van der Waals surface area contributed by atoms with E-state index in [4.69, 9.17) is 18.9 Å². The van der Waals surface area contributed by atoms with Gasteiger partial charge in [0.25, 0.3) is 11.8 Å². The normalized spacial score (nSPS) is 22.6. The van der Waals surface area contributed by atoms with E-state index in [1.807, 2.05) is 42.9 Å². The summed E-state index contributed by atoms with van der Waals surface area (Å²) in [7, 11) is 0.465. The predicted octanol–water partition coefficient (Wildman–Crippen LogP) is 6.92. The molecule has 2 aromatic carbocycles. The third-order valence-corrected chi connectivity index (χ3v) is 13.6. The van der Waals surface area contributed by atoms with Crippen molar-refractivity contribution in [3.63, 3.8) is 0 Å². The Morgan fingerprint density at radius 2 is 1.43 bits per heavy atom. The number of carbonyl (C=O) groups excluding carboxylic acids is 2. The fourth-order valence-electron chi connectivity index (χ4n) is 7.44. The van der Waals surface area contributed by atoms with Gasteiger partial charge in [0.05, 0.1) is 51.9 Å². The number of aryl methyl sites for hydroxylation is 1. The van der Waals surface area contributed by atoms with Crippen molar-refractivity contribution in [2.75, 3.05) is 59.0 Å². The topological polar surface area (TPSA) is 107 Å². The van der Waals surface area contributed by atoms with Crippen LogP contribution in [0.5, 0.6) is 23.0 Å². The van der Waals surface area contributed by atoms with Crippen LogP contribution in [-0.2, 0) is 11.0 Å². The van der Waals surface area contributed by atoms with Crippen LogP contribution >= 0.6 is 7.14 Å². The van der Waals surface area contributed by atoms with Gasteiger partial charge in [0.15, 0.2) is 23.0 Å². The van der Waals surface area contributed by atoms with Gasteiger partial charge in [-0.05, 0) is 69.7 Å². The summed E-state index contributed by atoms with van der Waals surface area (Å²) < 4.78 is 37.8. The fourth-order valence-corrected chi connectivity index (χ4v) is 9.77. The Balaban J connectivity index is 1.10. The molecular formula is C38H48N3O7P. The lowest BCUT2D eigenvalue weighted by Crippen LogP contribution is -2.35. The first kappa shape index (κ1) is 34.8. The lowest BCUT2D eigenvalue weighted by atomic mass is 10.00. The van der Waals surface area contributed by atoms with Crippen molar-refractivity contribution in [2.24, 2.45) is 4.99 Å². The molecule has 2 aromatic rings. The summed E-state index contributed by atoms with van der Waals surface area (Å²) in [5.41, 5.74) is 5.19. The number of carbonyl (C=O) groups is 2. The number of ether oxygens (including phenoxy) is 4. The standard InChI is InChI=1S/C38H48N3O7P/c1-6-13-49(44,14-11-47-35-18-27-9-10-28-16-25(7-2)23-40(28)37(42)30(27)19-33(35)45-4)15-12-48-36-21-32-31(20-34(36)46-5)38(43)41-24-26(8-3)17-29(41)22-39-32/h7-8,18-22,28-29H,6,9-17,23-24H2,1-5H3/b25-7+,26-8+/t28-,29+,49?/m1/s1. The Kier molecular flexibility index (Phi) is 10.5. The minimum Gasteiger partial charge on any atom is -0.493 e. The van der Waals surface area contributed by atoms with E-state index in [-0.39, 0.29) is 37.1 Å². The molecule has 0 saturated carbocycles. The zero-order valence-corrected chi connectivity index (χ0v) is 30.2. The molecule has 2 amide bonds. The van der Waals surface area contributed by atoms with Gasteiger partial charge in [-0.1, -0.05) is 30.2 Å². The molecule has 4 heterocycles. The number of amides is 2. The van der Waals surface area contributed by atoms with E-state index >= 15 is 0 Å². The SMILES string of the molecule is C/C=C1\C[C@H]2CCc3cc(OCCP(=O)(CCC)CCOc4cc5c(cc4OC)C(=O)N4C/C(=C/C)C[C@H]4C=N5)c(OC)cc3C(=O)N2C1. The highest BCUT2D eigenvalue weighted by Gasteiger charge is 2.37. The highest BCUT2D eigenvalue weighted by Crippen LogP contribution is 2.47. The van der Waals surface area contributed by atoms with E-state index < -0.39 is 7.14 Å². The van der Waals surface area contributed by atoms with Crippen molar-refractivity contribution in [3.05, 3.63) is 64.3 Å². The van der Waals surface area contributed by atoms with Gasteiger partial charge in [-0.15, -0.1) is 0 Å². The number of rotatable bonds is 12. The van der Waals surface area contributed by atoms with Crippen LogP contribution in [0.15, 0.2) is 52.6 Å². The molecule has 0 aromatic heterocycles. The Labute approximate surface area is 289 Å². The maximum Gasteiger partial charge on any atom is 0.257 e. The van der Waals surface area contributed by atoms with Crippen molar-refractivity contribution in [2.45, 2.75) is 65.0 Å². The smallest absolute Gasteiger partial charge is 0.257 e. The second-order valence-corrected chi connectivity index (χ2v) is 16.8. The Morgan fingerprint density at radius 1 is 0.816 bits per heavy atom. The molecule has 0 aliphatic carbocycles. The van der Waals surface area contributed by atoms with E-state index in [0.29, 0.717) is 71.4 Å². The molecular weight excluding hydrogens is 641 g/mol. The molecule has 0 spiro atoms. The number of hydrogen-bond donors (Lipinski definition) is 0. The van der Waals surface area contributed by atoms with Gasteiger partial charge in [0.1, 0.15) is 0 Å². The molecule has 4 aliphatic heterocycles. The second kappa shape index (κ2) is 14.8. The predicted molar refractivity (Wildman–Crippen MR) is 192 cm³/mol. The van der Waals surface area contributed by atoms with E-state index in [2.05, 4.69) is 17.1 Å². The third kappa shape index (κ3) is 7.16. The van der Waals surface area contributed by atoms with Crippen LogP contribution in [0.4, 0.5) is 5.69 Å². The maximum atomic E-state index is 14.1. The van der Waals surface area contributed by atoms with Crippen LogP contribution in [0.1, 0.15) is 72.7 Å². The summed E-state index contributed by atoms with van der Waals surface area (Å²) in [4.78, 5) is 35.4. The first-order valence-corrected chi connectivity index (χ1v) is 19.7. The van der Waals surface area contributed by atoms with Crippen LogP contribution in [0.3, 0.4) is 0 Å². The summed E-state index contributed by atoms with van der Waals surface area (Å²) in [5.74, 6) is 1.94. The molecule has 2 fully saturated rings. The molecule has 0 N–H and O–H groups in total. The largest absolute Gasteiger partial charge is 0.493 e. The molecule has 3 atom stereocenters. The number of nitrogens with zero attached hydrogens (tertiary/aromatic N) is 3. The van der Waals surface area contributed by atoms with E-state index in [9.17, 15) is 14.2 Å². The quantitative estimate of drug-likeness (QED) is 0.176. The number of fused-ring (bicyclic) bond motifs is 4. The van der Waals surface area contributed by atoms with Gasteiger partial charge in [0, 0.05) is 55.5 Å². The summed E-state index contributed by atoms with van der Waals surface area (Å²) in [6, 6.07) is 7.33. The van der Waals surface area contributed by atoms with Crippen molar-refractivity contribution in [1.82, 2.24) is 9.80 Å². The summed E-state index contributed by atoms with van der Waals surface area (Å²) in [6.45, 7) is 7.81. The van der Waals surface area contributed by atoms with E-state index in [1.165, 1.54) is 11.1 Å².